The van der Waals surface area contributed by atoms with Gasteiger partial charge in [0, 0.05) is 3.57 Å². The molecule has 0 amide bonds. The van der Waals surface area contributed by atoms with E-state index in [4.69, 9.17) is 4.74 Å². The molecule has 0 bridgehead atoms. The third-order valence-electron chi connectivity index (χ3n) is 2.43. The summed E-state index contributed by atoms with van der Waals surface area (Å²) >= 11 is 2.03. The van der Waals surface area contributed by atoms with Crippen LogP contribution >= 0.6 is 22.6 Å². The number of halogens is 1. The third-order valence-corrected chi connectivity index (χ3v) is 3.91. The maximum Gasteiger partial charge on any atom is 0.313 e. The Morgan fingerprint density at radius 1 is 1.47 bits per heavy atom. The summed E-state index contributed by atoms with van der Waals surface area (Å²) in [6.45, 7) is 3.86. The van der Waals surface area contributed by atoms with Gasteiger partial charge in [-0.2, -0.15) is 0 Å². The van der Waals surface area contributed by atoms with Crippen molar-refractivity contribution in [3.63, 3.8) is 0 Å². The molecule has 0 aliphatic carbocycles. The molecule has 1 aromatic rings. The molecule has 1 unspecified atom stereocenters. The van der Waals surface area contributed by atoms with E-state index in [1.54, 1.807) is 32.0 Å². The Balaban J connectivity index is 2.96. The van der Waals surface area contributed by atoms with Gasteiger partial charge in [0.05, 0.1) is 24.5 Å². The first-order valence-corrected chi connectivity index (χ1v) is 8.65. The normalized spacial score (nSPS) is 12.8. The summed E-state index contributed by atoms with van der Waals surface area (Å²) in [6, 6.07) is 5.14. The van der Waals surface area contributed by atoms with Crippen molar-refractivity contribution >= 4 is 44.3 Å². The summed E-state index contributed by atoms with van der Waals surface area (Å²) in [7, 11) is -3.30. The number of carbonyl (C=O) groups excluding carboxylic acids is 1. The van der Waals surface area contributed by atoms with Crippen LogP contribution in [-0.4, -0.2) is 27.2 Å². The number of esters is 1. The molecule has 0 aliphatic heterocycles. The zero-order valence-corrected chi connectivity index (χ0v) is 13.9. The number of hydrogen-bond donors (Lipinski definition) is 1. The Morgan fingerprint density at radius 2 is 2.11 bits per heavy atom. The second-order valence-corrected chi connectivity index (χ2v) is 7.00. The number of benzene rings is 1. The fraction of sp³-hybridized carbons (Fsp3) is 0.417. The van der Waals surface area contributed by atoms with Crippen molar-refractivity contribution in [2.75, 3.05) is 17.6 Å². The van der Waals surface area contributed by atoms with Gasteiger partial charge < -0.3 is 4.74 Å². The van der Waals surface area contributed by atoms with Crippen molar-refractivity contribution in [2.24, 2.45) is 0 Å². The molecule has 0 spiro atoms. The lowest BCUT2D eigenvalue weighted by Gasteiger charge is -2.13. The van der Waals surface area contributed by atoms with Crippen molar-refractivity contribution in [1.82, 2.24) is 0 Å². The molecule has 0 radical (unpaired) electrons. The van der Waals surface area contributed by atoms with Crippen LogP contribution in [0.5, 0.6) is 0 Å². The molecule has 0 heterocycles. The van der Waals surface area contributed by atoms with E-state index in [-0.39, 0.29) is 11.9 Å². The Hall–Kier alpha value is -0.830. The van der Waals surface area contributed by atoms with Crippen LogP contribution in [0, 0.1) is 3.57 Å². The zero-order valence-electron chi connectivity index (χ0n) is 10.9. The van der Waals surface area contributed by atoms with Gasteiger partial charge in [-0.15, -0.1) is 0 Å². The molecular weight excluding hydrogens is 381 g/mol. The molecule has 0 aliphatic rings. The molecule has 5 nitrogen and oxygen atoms in total. The number of ether oxygens (including phenoxy) is 1. The van der Waals surface area contributed by atoms with Crippen LogP contribution < -0.4 is 4.72 Å². The monoisotopic (exact) mass is 397 g/mol. The number of hydrogen-bond acceptors (Lipinski definition) is 4. The fourth-order valence-corrected chi connectivity index (χ4v) is 2.92. The van der Waals surface area contributed by atoms with Crippen LogP contribution in [-0.2, 0) is 19.6 Å². The molecule has 0 saturated heterocycles. The Morgan fingerprint density at radius 3 is 2.58 bits per heavy atom. The molecule has 0 fully saturated rings. The number of nitrogens with one attached hydrogen (secondary N) is 1. The highest BCUT2D eigenvalue weighted by atomic mass is 127. The summed E-state index contributed by atoms with van der Waals surface area (Å²) in [5.74, 6) is -0.664. The minimum Gasteiger partial charge on any atom is -0.466 e. The van der Waals surface area contributed by atoms with E-state index in [1.807, 2.05) is 22.6 Å². The van der Waals surface area contributed by atoms with Gasteiger partial charge in [-0.3, -0.25) is 9.52 Å². The third kappa shape index (κ3) is 4.98. The highest BCUT2D eigenvalue weighted by Gasteiger charge is 2.17. The Labute approximate surface area is 126 Å². The van der Waals surface area contributed by atoms with Crippen LogP contribution in [0.15, 0.2) is 18.2 Å². The van der Waals surface area contributed by atoms with Crippen LogP contribution in [0.3, 0.4) is 0 Å². The average Bonchev–Trinajstić information content (AvgIpc) is 2.29. The second-order valence-electron chi connectivity index (χ2n) is 4.09. The van der Waals surface area contributed by atoms with Crippen LogP contribution in [0.2, 0.25) is 0 Å². The van der Waals surface area contributed by atoms with Gasteiger partial charge in [-0.05, 0) is 54.1 Å². The predicted molar refractivity (Wildman–Crippen MR) is 82.7 cm³/mol. The molecule has 1 N–H and O–H groups in total. The van der Waals surface area contributed by atoms with Crippen molar-refractivity contribution < 1.29 is 17.9 Å². The molecule has 19 heavy (non-hydrogen) atoms. The first kappa shape index (κ1) is 16.2. The van der Waals surface area contributed by atoms with Crippen molar-refractivity contribution in [2.45, 2.75) is 19.8 Å². The standard InChI is InChI=1S/C12H16INO4S/c1-4-18-12(15)8(2)9-5-6-11(10(13)7-9)14-19(3,16)17/h5-8,14H,4H2,1-3H3. The molecule has 7 heteroatoms. The smallest absolute Gasteiger partial charge is 0.313 e. The second kappa shape index (κ2) is 6.56. The van der Waals surface area contributed by atoms with Gasteiger partial charge in [0.2, 0.25) is 10.0 Å². The predicted octanol–water partition coefficient (Wildman–Crippen LogP) is 2.33. The van der Waals surface area contributed by atoms with E-state index >= 15 is 0 Å². The largest absolute Gasteiger partial charge is 0.466 e. The Bertz CT molecular complexity index is 571. The first-order valence-electron chi connectivity index (χ1n) is 5.68. The van der Waals surface area contributed by atoms with Gasteiger partial charge in [0.15, 0.2) is 0 Å². The molecule has 1 atom stereocenters. The Kier molecular flexibility index (Phi) is 5.60. The number of anilines is 1. The minimum atomic E-state index is -3.30. The van der Waals surface area contributed by atoms with E-state index in [2.05, 4.69) is 4.72 Å². The first-order chi connectivity index (χ1) is 8.74. The molecule has 0 aromatic heterocycles. The molecule has 0 saturated carbocycles. The molecule has 1 rings (SSSR count). The highest BCUT2D eigenvalue weighted by molar-refractivity contribution is 14.1. The summed E-state index contributed by atoms with van der Waals surface area (Å²) in [6.07, 6.45) is 1.10. The summed E-state index contributed by atoms with van der Waals surface area (Å²) in [5, 5.41) is 0. The van der Waals surface area contributed by atoms with Gasteiger partial charge in [-0.25, -0.2) is 8.42 Å². The lowest BCUT2D eigenvalue weighted by atomic mass is 10.0. The fourth-order valence-electron chi connectivity index (χ4n) is 1.49. The molecule has 106 valence electrons. The lowest BCUT2D eigenvalue weighted by Crippen LogP contribution is -2.14. The van der Waals surface area contributed by atoms with Gasteiger partial charge in [0.25, 0.3) is 0 Å². The average molecular weight is 397 g/mol. The SMILES string of the molecule is CCOC(=O)C(C)c1ccc(NS(C)(=O)=O)c(I)c1. The maximum atomic E-state index is 11.6. The quantitative estimate of drug-likeness (QED) is 0.612. The van der Waals surface area contributed by atoms with Gasteiger partial charge in [-0.1, -0.05) is 6.07 Å². The minimum absolute atomic E-state index is 0.290. The van der Waals surface area contributed by atoms with Crippen molar-refractivity contribution in [1.29, 1.82) is 0 Å². The van der Waals surface area contributed by atoms with Crippen LogP contribution in [0.1, 0.15) is 25.3 Å². The topological polar surface area (TPSA) is 72.5 Å². The van der Waals surface area contributed by atoms with Crippen LogP contribution in [0.25, 0.3) is 0 Å². The van der Waals surface area contributed by atoms with E-state index in [0.29, 0.717) is 12.3 Å². The van der Waals surface area contributed by atoms with Gasteiger partial charge in [0.1, 0.15) is 0 Å². The van der Waals surface area contributed by atoms with E-state index < -0.39 is 10.0 Å². The van der Waals surface area contributed by atoms with E-state index in [1.165, 1.54) is 0 Å². The lowest BCUT2D eigenvalue weighted by molar-refractivity contribution is -0.144. The van der Waals surface area contributed by atoms with Crippen molar-refractivity contribution in [3.8, 4) is 0 Å². The molecule has 1 aromatic carbocycles. The zero-order chi connectivity index (χ0) is 14.6. The summed E-state index contributed by atoms with van der Waals surface area (Å²) in [5.41, 5.74) is 1.30. The van der Waals surface area contributed by atoms with Crippen molar-refractivity contribution in [3.05, 3.63) is 27.3 Å². The van der Waals surface area contributed by atoms with E-state index in [9.17, 15) is 13.2 Å². The number of sulfonamides is 1. The van der Waals surface area contributed by atoms with Crippen LogP contribution in [0.4, 0.5) is 5.69 Å². The maximum absolute atomic E-state index is 11.6. The summed E-state index contributed by atoms with van der Waals surface area (Å²) in [4.78, 5) is 11.6. The number of carbonyl (C=O) groups is 1. The van der Waals surface area contributed by atoms with Gasteiger partial charge >= 0.3 is 5.97 Å². The highest BCUT2D eigenvalue weighted by Crippen LogP contribution is 2.25. The number of rotatable bonds is 5. The van der Waals surface area contributed by atoms with E-state index in [0.717, 1.165) is 15.4 Å². The molecular formula is C12H16INO4S. The summed E-state index contributed by atoms with van der Waals surface area (Å²) < 4.78 is 30.5.